The Kier molecular flexibility index (Phi) is 4.88. The molecule has 140 valence electrons. The lowest BCUT2D eigenvalue weighted by molar-refractivity contribution is -0.131. The fraction of sp³-hybridized carbons (Fsp3) is 0.348. The van der Waals surface area contributed by atoms with Crippen LogP contribution in [0.15, 0.2) is 54.6 Å². The third-order valence-electron chi connectivity index (χ3n) is 5.58. The third-order valence-corrected chi connectivity index (χ3v) is 5.58. The highest BCUT2D eigenvalue weighted by molar-refractivity contribution is 5.76. The first-order valence-electron chi connectivity index (χ1n) is 9.67. The number of fused-ring (bicyclic) bond motifs is 1. The highest BCUT2D eigenvalue weighted by atomic mass is 16.5. The van der Waals surface area contributed by atoms with Crippen molar-refractivity contribution in [2.24, 2.45) is 0 Å². The van der Waals surface area contributed by atoms with Gasteiger partial charge in [-0.15, -0.1) is 0 Å². The number of phenolic OH excluding ortho intramolecular Hbond substituents is 1. The van der Waals surface area contributed by atoms with Gasteiger partial charge in [0.1, 0.15) is 17.1 Å². The molecule has 2 aliphatic heterocycles. The molecule has 1 spiro atoms. The van der Waals surface area contributed by atoms with Gasteiger partial charge in [-0.25, -0.2) is 0 Å². The van der Waals surface area contributed by atoms with E-state index >= 15 is 0 Å². The van der Waals surface area contributed by atoms with Gasteiger partial charge in [0.25, 0.3) is 0 Å². The molecule has 2 heterocycles. The van der Waals surface area contributed by atoms with Crippen LogP contribution in [-0.2, 0) is 11.2 Å². The average Bonchev–Trinajstić information content (AvgIpc) is 2.90. The van der Waals surface area contributed by atoms with E-state index in [1.807, 2.05) is 35.2 Å². The number of ether oxygens (including phenoxy) is 1. The van der Waals surface area contributed by atoms with Gasteiger partial charge in [0.15, 0.2) is 0 Å². The first-order chi connectivity index (χ1) is 13.2. The highest BCUT2D eigenvalue weighted by Gasteiger charge is 2.35. The van der Waals surface area contributed by atoms with Gasteiger partial charge < -0.3 is 14.7 Å². The quantitative estimate of drug-likeness (QED) is 0.890. The summed E-state index contributed by atoms with van der Waals surface area (Å²) in [6, 6.07) is 15.3. The molecule has 1 unspecified atom stereocenters. The summed E-state index contributed by atoms with van der Waals surface area (Å²) in [4.78, 5) is 14.6. The zero-order valence-corrected chi connectivity index (χ0v) is 15.4. The minimum absolute atomic E-state index is 0.149. The number of aryl methyl sites for hydroxylation is 1. The van der Waals surface area contributed by atoms with E-state index in [-0.39, 0.29) is 17.3 Å². The molecule has 1 saturated heterocycles. The zero-order chi connectivity index (χ0) is 18.7. The molecule has 1 fully saturated rings. The van der Waals surface area contributed by atoms with Crippen molar-refractivity contribution in [2.75, 3.05) is 13.1 Å². The Morgan fingerprint density at radius 2 is 1.89 bits per heavy atom. The minimum Gasteiger partial charge on any atom is -0.508 e. The SMILES string of the molecule is O=C(CCc1ccccc1O)N1CCCC2(C=Cc3ccccc3O2)CC1. The average molecular weight is 363 g/mol. The summed E-state index contributed by atoms with van der Waals surface area (Å²) >= 11 is 0. The molecule has 4 heteroatoms. The number of para-hydroxylation sites is 2. The molecule has 2 aromatic rings. The summed E-state index contributed by atoms with van der Waals surface area (Å²) in [7, 11) is 0. The second-order valence-corrected chi connectivity index (χ2v) is 7.40. The normalized spacial score (nSPS) is 21.4. The molecule has 0 bridgehead atoms. The lowest BCUT2D eigenvalue weighted by Gasteiger charge is -2.34. The Bertz CT molecular complexity index is 860. The fourth-order valence-corrected chi connectivity index (χ4v) is 3.98. The van der Waals surface area contributed by atoms with Gasteiger partial charge in [0, 0.05) is 31.5 Å². The lowest BCUT2D eigenvalue weighted by Crippen LogP contribution is -2.38. The molecule has 27 heavy (non-hydrogen) atoms. The monoisotopic (exact) mass is 363 g/mol. The molecule has 4 rings (SSSR count). The van der Waals surface area contributed by atoms with Gasteiger partial charge in [0.2, 0.25) is 5.91 Å². The molecular formula is C23H25NO3. The van der Waals surface area contributed by atoms with Crippen molar-refractivity contribution < 1.29 is 14.6 Å². The van der Waals surface area contributed by atoms with Crippen molar-refractivity contribution >= 4 is 12.0 Å². The second kappa shape index (κ2) is 7.47. The summed E-state index contributed by atoms with van der Waals surface area (Å²) in [6.45, 7) is 1.46. The molecule has 0 radical (unpaired) electrons. The smallest absolute Gasteiger partial charge is 0.222 e. The molecule has 1 atom stereocenters. The maximum atomic E-state index is 12.7. The van der Waals surface area contributed by atoms with Crippen LogP contribution < -0.4 is 4.74 Å². The number of carbonyl (C=O) groups is 1. The van der Waals surface area contributed by atoms with Gasteiger partial charge in [-0.2, -0.15) is 0 Å². The lowest BCUT2D eigenvalue weighted by atomic mass is 9.91. The van der Waals surface area contributed by atoms with Crippen LogP contribution in [-0.4, -0.2) is 34.6 Å². The van der Waals surface area contributed by atoms with E-state index in [4.69, 9.17) is 4.74 Å². The molecule has 2 aromatic carbocycles. The third kappa shape index (κ3) is 3.85. The number of phenols is 1. The minimum atomic E-state index is -0.304. The second-order valence-electron chi connectivity index (χ2n) is 7.40. The molecule has 0 saturated carbocycles. The number of hydrogen-bond donors (Lipinski definition) is 1. The molecule has 0 aromatic heterocycles. The first-order valence-corrected chi connectivity index (χ1v) is 9.67. The summed E-state index contributed by atoms with van der Waals surface area (Å²) in [5, 5.41) is 9.88. The van der Waals surface area contributed by atoms with Gasteiger partial charge in [-0.1, -0.05) is 42.5 Å². The van der Waals surface area contributed by atoms with E-state index in [0.717, 1.165) is 42.7 Å². The first kappa shape index (κ1) is 17.7. The number of carbonyl (C=O) groups excluding carboxylic acids is 1. The van der Waals surface area contributed by atoms with E-state index in [9.17, 15) is 9.90 Å². The Hall–Kier alpha value is -2.75. The Morgan fingerprint density at radius 1 is 1.07 bits per heavy atom. The summed E-state index contributed by atoms with van der Waals surface area (Å²) < 4.78 is 6.36. The number of aromatic hydroxyl groups is 1. The zero-order valence-electron chi connectivity index (χ0n) is 15.4. The van der Waals surface area contributed by atoms with Gasteiger partial charge in [-0.3, -0.25) is 4.79 Å². The predicted molar refractivity (Wildman–Crippen MR) is 106 cm³/mol. The van der Waals surface area contributed by atoms with Crippen LogP contribution in [0.2, 0.25) is 0 Å². The Balaban J connectivity index is 1.38. The van der Waals surface area contributed by atoms with Crippen LogP contribution >= 0.6 is 0 Å². The van der Waals surface area contributed by atoms with E-state index in [0.29, 0.717) is 19.4 Å². The van der Waals surface area contributed by atoms with Crippen LogP contribution in [0.1, 0.15) is 36.8 Å². The predicted octanol–water partition coefficient (Wildman–Crippen LogP) is 4.18. The van der Waals surface area contributed by atoms with E-state index in [1.165, 1.54) is 0 Å². The number of rotatable bonds is 3. The van der Waals surface area contributed by atoms with E-state index in [2.05, 4.69) is 18.2 Å². The van der Waals surface area contributed by atoms with Crippen molar-refractivity contribution in [3.8, 4) is 11.5 Å². The van der Waals surface area contributed by atoms with Gasteiger partial charge in [0.05, 0.1) is 0 Å². The van der Waals surface area contributed by atoms with Gasteiger partial charge in [-0.05, 0) is 43.0 Å². The highest BCUT2D eigenvalue weighted by Crippen LogP contribution is 2.37. The van der Waals surface area contributed by atoms with E-state index < -0.39 is 0 Å². The largest absolute Gasteiger partial charge is 0.508 e. The molecule has 0 aliphatic carbocycles. The van der Waals surface area contributed by atoms with E-state index in [1.54, 1.807) is 12.1 Å². The maximum absolute atomic E-state index is 12.7. The summed E-state index contributed by atoms with van der Waals surface area (Å²) in [6.07, 6.45) is 7.96. The fourth-order valence-electron chi connectivity index (χ4n) is 3.98. The number of nitrogens with zero attached hydrogens (tertiary/aromatic N) is 1. The van der Waals surface area contributed by atoms with Crippen LogP contribution in [0.4, 0.5) is 0 Å². The summed E-state index contributed by atoms with van der Waals surface area (Å²) in [5.74, 6) is 1.34. The molecule has 1 amide bonds. The Morgan fingerprint density at radius 3 is 2.78 bits per heavy atom. The van der Waals surface area contributed by atoms with Crippen molar-refractivity contribution in [2.45, 2.75) is 37.7 Å². The van der Waals surface area contributed by atoms with Crippen molar-refractivity contribution in [1.82, 2.24) is 4.90 Å². The molecule has 2 aliphatic rings. The number of benzene rings is 2. The molecule has 1 N–H and O–H groups in total. The molecular weight excluding hydrogens is 338 g/mol. The topological polar surface area (TPSA) is 49.8 Å². The number of hydrogen-bond acceptors (Lipinski definition) is 3. The Labute approximate surface area is 160 Å². The number of likely N-dealkylation sites (tertiary alicyclic amines) is 1. The standard InChI is InChI=1S/C23H25NO3/c25-20-8-3-1-6-18(20)10-11-22(26)24-16-5-13-23(15-17-24)14-12-19-7-2-4-9-21(19)27-23/h1-4,6-9,12,14,25H,5,10-11,13,15-17H2. The van der Waals surface area contributed by atoms with Crippen LogP contribution in [0.5, 0.6) is 11.5 Å². The number of amides is 1. The van der Waals surface area contributed by atoms with Crippen molar-refractivity contribution in [1.29, 1.82) is 0 Å². The molecule has 4 nitrogen and oxygen atoms in total. The van der Waals surface area contributed by atoms with Crippen molar-refractivity contribution in [3.05, 3.63) is 65.7 Å². The van der Waals surface area contributed by atoms with Gasteiger partial charge >= 0.3 is 0 Å². The summed E-state index contributed by atoms with van der Waals surface area (Å²) in [5.41, 5.74) is 1.64. The van der Waals surface area contributed by atoms with Crippen LogP contribution in [0, 0.1) is 0 Å². The van der Waals surface area contributed by atoms with Crippen molar-refractivity contribution in [3.63, 3.8) is 0 Å². The maximum Gasteiger partial charge on any atom is 0.222 e. The van der Waals surface area contributed by atoms with Crippen LogP contribution in [0.3, 0.4) is 0 Å². The van der Waals surface area contributed by atoms with Crippen LogP contribution in [0.25, 0.3) is 6.08 Å².